The molecule has 2 aliphatic heterocycles. The summed E-state index contributed by atoms with van der Waals surface area (Å²) in [5.74, 6) is 1.94. The van der Waals surface area contributed by atoms with E-state index < -0.39 is 5.60 Å². The first-order valence-corrected chi connectivity index (χ1v) is 12.1. The number of alkyl carbamates (subject to hydrolysis) is 1. The standard InChI is InChI=1S/C24H40N6O2/c1-5-25-22(30-15-12-20(18-30)28-23(31)32-24(2,3)4)27-17-19-10-11-21(26-16-19)29-13-8-6-7-9-14-29/h10-11,16,20H,5-9,12-15,17-18H2,1-4H3,(H,25,27)(H,28,31). The highest BCUT2D eigenvalue weighted by atomic mass is 16.6. The molecule has 8 heteroatoms. The Kier molecular flexibility index (Phi) is 8.59. The Morgan fingerprint density at radius 2 is 1.94 bits per heavy atom. The number of pyridine rings is 1. The highest BCUT2D eigenvalue weighted by Gasteiger charge is 2.27. The lowest BCUT2D eigenvalue weighted by atomic mass is 10.2. The van der Waals surface area contributed by atoms with Gasteiger partial charge in [-0.05, 0) is 58.6 Å². The van der Waals surface area contributed by atoms with Gasteiger partial charge in [0.25, 0.3) is 0 Å². The molecule has 3 rings (SSSR count). The van der Waals surface area contributed by atoms with Crippen LogP contribution < -0.4 is 15.5 Å². The minimum atomic E-state index is -0.491. The van der Waals surface area contributed by atoms with Crippen molar-refractivity contribution in [1.82, 2.24) is 20.5 Å². The first-order chi connectivity index (χ1) is 15.3. The maximum absolute atomic E-state index is 12.1. The zero-order valence-corrected chi connectivity index (χ0v) is 20.2. The van der Waals surface area contributed by atoms with Gasteiger partial charge in [-0.1, -0.05) is 18.9 Å². The molecule has 2 saturated heterocycles. The number of likely N-dealkylation sites (tertiary alicyclic amines) is 1. The van der Waals surface area contributed by atoms with Crippen molar-refractivity contribution < 1.29 is 9.53 Å². The van der Waals surface area contributed by atoms with Crippen molar-refractivity contribution in [2.24, 2.45) is 4.99 Å². The number of anilines is 1. The average molecular weight is 445 g/mol. The summed E-state index contributed by atoms with van der Waals surface area (Å²) in [4.78, 5) is 26.2. The molecular formula is C24H40N6O2. The molecule has 0 spiro atoms. The van der Waals surface area contributed by atoms with Gasteiger partial charge in [-0.15, -0.1) is 0 Å². The van der Waals surface area contributed by atoms with Gasteiger partial charge in [0.2, 0.25) is 0 Å². The van der Waals surface area contributed by atoms with Crippen LogP contribution in [0.2, 0.25) is 0 Å². The lowest BCUT2D eigenvalue weighted by molar-refractivity contribution is 0.0507. The van der Waals surface area contributed by atoms with Crippen molar-refractivity contribution in [2.45, 2.75) is 78.0 Å². The van der Waals surface area contributed by atoms with Crippen molar-refractivity contribution in [3.8, 4) is 0 Å². The van der Waals surface area contributed by atoms with Crippen molar-refractivity contribution in [3.63, 3.8) is 0 Å². The molecule has 2 aliphatic rings. The van der Waals surface area contributed by atoms with Crippen molar-refractivity contribution >= 4 is 17.9 Å². The van der Waals surface area contributed by atoms with Crippen molar-refractivity contribution in [1.29, 1.82) is 0 Å². The largest absolute Gasteiger partial charge is 0.444 e. The molecule has 0 saturated carbocycles. The first kappa shape index (κ1) is 24.1. The first-order valence-electron chi connectivity index (χ1n) is 12.1. The molecule has 178 valence electrons. The van der Waals surface area contributed by atoms with E-state index in [0.29, 0.717) is 6.54 Å². The predicted molar refractivity (Wildman–Crippen MR) is 129 cm³/mol. The summed E-state index contributed by atoms with van der Waals surface area (Å²) < 4.78 is 5.38. The fourth-order valence-electron chi connectivity index (χ4n) is 4.13. The molecule has 2 N–H and O–H groups in total. The Labute approximate surface area is 192 Å². The summed E-state index contributed by atoms with van der Waals surface area (Å²) in [6.07, 6.45) is 7.60. The Balaban J connectivity index is 1.55. The molecule has 0 aromatic carbocycles. The van der Waals surface area contributed by atoms with Crippen LogP contribution in [0.25, 0.3) is 0 Å². The van der Waals surface area contributed by atoms with E-state index >= 15 is 0 Å². The zero-order valence-electron chi connectivity index (χ0n) is 20.2. The van der Waals surface area contributed by atoms with Crippen LogP contribution in [0.1, 0.15) is 65.4 Å². The monoisotopic (exact) mass is 444 g/mol. The number of aliphatic imine (C=N–C) groups is 1. The number of carbonyl (C=O) groups excluding carboxylic acids is 1. The Morgan fingerprint density at radius 1 is 1.19 bits per heavy atom. The quantitative estimate of drug-likeness (QED) is 0.534. The molecule has 32 heavy (non-hydrogen) atoms. The van der Waals surface area contributed by atoms with Crippen molar-refractivity contribution in [3.05, 3.63) is 23.9 Å². The van der Waals surface area contributed by atoms with Gasteiger partial charge in [0.15, 0.2) is 5.96 Å². The molecule has 2 fully saturated rings. The molecule has 1 amide bonds. The third kappa shape index (κ3) is 7.57. The number of amides is 1. The smallest absolute Gasteiger partial charge is 0.407 e. The Hall–Kier alpha value is -2.51. The number of guanidine groups is 1. The van der Waals surface area contributed by atoms with Crippen LogP contribution >= 0.6 is 0 Å². The molecule has 1 aromatic rings. The molecule has 1 aromatic heterocycles. The molecule has 0 aliphatic carbocycles. The lowest BCUT2D eigenvalue weighted by Crippen LogP contribution is -2.44. The number of ether oxygens (including phenoxy) is 1. The van der Waals surface area contributed by atoms with Crippen molar-refractivity contribution in [2.75, 3.05) is 37.6 Å². The zero-order chi connectivity index (χ0) is 23.0. The van der Waals surface area contributed by atoms with Crippen LogP contribution in [0, 0.1) is 0 Å². The predicted octanol–water partition coefficient (Wildman–Crippen LogP) is 3.53. The summed E-state index contributed by atoms with van der Waals surface area (Å²) in [5.41, 5.74) is 0.608. The summed E-state index contributed by atoms with van der Waals surface area (Å²) in [5, 5.41) is 6.36. The summed E-state index contributed by atoms with van der Waals surface area (Å²) in [6.45, 7) is 12.8. The van der Waals surface area contributed by atoms with Gasteiger partial charge in [0.05, 0.1) is 12.6 Å². The molecule has 3 heterocycles. The van der Waals surface area contributed by atoms with E-state index in [1.54, 1.807) is 0 Å². The second kappa shape index (κ2) is 11.4. The maximum Gasteiger partial charge on any atom is 0.407 e. The fourth-order valence-corrected chi connectivity index (χ4v) is 4.13. The molecule has 8 nitrogen and oxygen atoms in total. The summed E-state index contributed by atoms with van der Waals surface area (Å²) in [7, 11) is 0. The number of nitrogens with zero attached hydrogens (tertiary/aromatic N) is 4. The highest BCUT2D eigenvalue weighted by Crippen LogP contribution is 2.18. The van der Waals surface area contributed by atoms with Crippen LogP contribution in [-0.4, -0.2) is 66.3 Å². The summed E-state index contributed by atoms with van der Waals surface area (Å²) in [6, 6.07) is 4.32. The molecule has 1 unspecified atom stereocenters. The van der Waals surface area contributed by atoms with Gasteiger partial charge in [0, 0.05) is 38.9 Å². The van der Waals surface area contributed by atoms with E-state index in [-0.39, 0.29) is 12.1 Å². The van der Waals surface area contributed by atoms with Gasteiger partial charge < -0.3 is 25.2 Å². The van der Waals surface area contributed by atoms with Crippen LogP contribution in [-0.2, 0) is 11.3 Å². The van der Waals surface area contributed by atoms with Gasteiger partial charge in [0.1, 0.15) is 11.4 Å². The number of carbonyl (C=O) groups is 1. The van der Waals surface area contributed by atoms with E-state index in [0.717, 1.165) is 56.5 Å². The molecule has 0 radical (unpaired) electrons. The third-order valence-corrected chi connectivity index (χ3v) is 5.69. The third-order valence-electron chi connectivity index (χ3n) is 5.69. The Morgan fingerprint density at radius 3 is 2.56 bits per heavy atom. The number of hydrogen-bond donors (Lipinski definition) is 2. The average Bonchev–Trinajstić information content (AvgIpc) is 3.02. The molecule has 1 atom stereocenters. The Bertz CT molecular complexity index is 751. The second-order valence-electron chi connectivity index (χ2n) is 9.67. The molecular weight excluding hydrogens is 404 g/mol. The van der Waals surface area contributed by atoms with E-state index in [1.165, 1.54) is 25.7 Å². The topological polar surface area (TPSA) is 82.1 Å². The van der Waals surface area contributed by atoms with Crippen LogP contribution in [0.4, 0.5) is 10.6 Å². The normalized spacial score (nSPS) is 20.1. The molecule has 0 bridgehead atoms. The SMILES string of the molecule is CCNC(=NCc1ccc(N2CCCCCC2)nc1)N1CCC(NC(=O)OC(C)(C)C)C1. The minimum Gasteiger partial charge on any atom is -0.444 e. The number of rotatable bonds is 5. The fraction of sp³-hybridized carbons (Fsp3) is 0.708. The number of aromatic nitrogens is 1. The van der Waals surface area contributed by atoms with Gasteiger partial charge in [-0.2, -0.15) is 0 Å². The van der Waals surface area contributed by atoms with E-state index in [1.807, 2.05) is 27.0 Å². The number of nitrogens with one attached hydrogen (secondary N) is 2. The van der Waals surface area contributed by atoms with Gasteiger partial charge >= 0.3 is 6.09 Å². The highest BCUT2D eigenvalue weighted by molar-refractivity contribution is 5.80. The van der Waals surface area contributed by atoms with E-state index in [4.69, 9.17) is 14.7 Å². The van der Waals surface area contributed by atoms with Gasteiger partial charge in [-0.25, -0.2) is 14.8 Å². The number of hydrogen-bond acceptors (Lipinski definition) is 5. The van der Waals surface area contributed by atoms with Crippen LogP contribution in [0.5, 0.6) is 0 Å². The lowest BCUT2D eigenvalue weighted by Gasteiger charge is -2.23. The second-order valence-corrected chi connectivity index (χ2v) is 9.67. The maximum atomic E-state index is 12.1. The summed E-state index contributed by atoms with van der Waals surface area (Å²) >= 11 is 0. The minimum absolute atomic E-state index is 0.0586. The van der Waals surface area contributed by atoms with Gasteiger partial charge in [-0.3, -0.25) is 0 Å². The van der Waals surface area contributed by atoms with E-state index in [9.17, 15) is 4.79 Å². The van der Waals surface area contributed by atoms with E-state index in [2.05, 4.69) is 39.5 Å². The van der Waals surface area contributed by atoms with Crippen LogP contribution in [0.3, 0.4) is 0 Å². The van der Waals surface area contributed by atoms with Crippen LogP contribution in [0.15, 0.2) is 23.3 Å².